The molecule has 244 valence electrons. The van der Waals surface area contributed by atoms with Crippen LogP contribution < -0.4 is 0 Å². The normalized spacial score (nSPS) is 19.8. The van der Waals surface area contributed by atoms with Crippen LogP contribution >= 0.6 is 0 Å². The molecule has 2 aromatic rings. The third-order valence-corrected chi connectivity index (χ3v) is 10.7. The summed E-state index contributed by atoms with van der Waals surface area (Å²) in [6.07, 6.45) is 2.87. The van der Waals surface area contributed by atoms with Crippen LogP contribution in [0.5, 0.6) is 5.75 Å². The molecule has 1 heterocycles. The van der Waals surface area contributed by atoms with Gasteiger partial charge in [-0.25, -0.2) is 12.8 Å². The van der Waals surface area contributed by atoms with E-state index in [0.29, 0.717) is 25.8 Å². The Labute approximate surface area is 258 Å². The molecule has 10 heteroatoms. The first-order valence-electron chi connectivity index (χ1n) is 15.9. The number of benzene rings is 2. The van der Waals surface area contributed by atoms with E-state index >= 15 is 0 Å². The first kappa shape index (κ1) is 34.4. The molecule has 4 rings (SSSR count). The summed E-state index contributed by atoms with van der Waals surface area (Å²) in [5.41, 5.74) is 5.85. The number of fused-ring (bicyclic) bond motifs is 1. The average Bonchev–Trinajstić information content (AvgIpc) is 3.19. The smallest absolute Gasteiger partial charge is 0.389 e. The highest BCUT2D eigenvalue weighted by Gasteiger charge is 2.31. The number of phenolic OH excluding ortho intramolecular Hbond substituents is 1. The third kappa shape index (κ3) is 10.6. The largest absolute Gasteiger partial charge is 0.508 e. The number of aliphatic hydroxyl groups excluding tert-OH is 1. The van der Waals surface area contributed by atoms with Gasteiger partial charge in [-0.2, -0.15) is 13.2 Å². The molecule has 2 aliphatic rings. The third-order valence-electron chi connectivity index (χ3n) is 8.88. The fraction of sp³-hybridized carbons (Fsp3) is 0.588. The van der Waals surface area contributed by atoms with Crippen molar-refractivity contribution in [2.45, 2.75) is 102 Å². The van der Waals surface area contributed by atoms with Gasteiger partial charge < -0.3 is 10.2 Å². The molecule has 1 saturated heterocycles. The molecule has 0 bridgehead atoms. The van der Waals surface area contributed by atoms with Crippen molar-refractivity contribution in [1.29, 1.82) is 0 Å². The molecule has 0 amide bonds. The van der Waals surface area contributed by atoms with Crippen LogP contribution in [0.3, 0.4) is 0 Å². The number of β-amino-alcohol motifs (C(OH)–C–C–N with tert-alkyl or cyclic N) is 1. The van der Waals surface area contributed by atoms with Crippen LogP contribution in [-0.2, 0) is 16.3 Å². The molecule has 2 N–H and O–H groups in total. The number of unbranched alkanes of at least 4 members (excludes halogenated alkanes) is 3. The number of sulfone groups is 1. The summed E-state index contributed by atoms with van der Waals surface area (Å²) < 4.78 is 75.1. The Kier molecular flexibility index (Phi) is 12.3. The van der Waals surface area contributed by atoms with Crippen molar-refractivity contribution < 1.29 is 36.2 Å². The zero-order chi connectivity index (χ0) is 31.7. The molecule has 0 radical (unpaired) electrons. The predicted molar refractivity (Wildman–Crippen MR) is 167 cm³/mol. The van der Waals surface area contributed by atoms with Gasteiger partial charge in [0.05, 0.1) is 17.6 Å². The number of alkyl halides is 3. The van der Waals surface area contributed by atoms with Crippen LogP contribution in [0.4, 0.5) is 17.6 Å². The van der Waals surface area contributed by atoms with Crippen molar-refractivity contribution in [3.8, 4) is 5.75 Å². The SMILES string of the molecule is O=S(=O)(CCCC1CC(O)CN1CCCCCCC1=C(c2ccc(F)cc2)CCCc2cc(O)ccc21)CCCC(F)(F)F. The summed E-state index contributed by atoms with van der Waals surface area (Å²) in [4.78, 5) is 2.23. The summed E-state index contributed by atoms with van der Waals surface area (Å²) >= 11 is 0. The van der Waals surface area contributed by atoms with Gasteiger partial charge in [0.1, 0.15) is 21.4 Å². The second kappa shape index (κ2) is 15.7. The Balaban J connectivity index is 1.26. The van der Waals surface area contributed by atoms with Crippen LogP contribution in [0.15, 0.2) is 42.5 Å². The number of hydrogen-bond acceptors (Lipinski definition) is 5. The van der Waals surface area contributed by atoms with Gasteiger partial charge >= 0.3 is 6.18 Å². The van der Waals surface area contributed by atoms with E-state index in [0.717, 1.165) is 74.6 Å². The number of aryl methyl sites for hydroxylation is 1. The van der Waals surface area contributed by atoms with E-state index in [9.17, 15) is 36.2 Å². The first-order chi connectivity index (χ1) is 20.9. The summed E-state index contributed by atoms with van der Waals surface area (Å²) in [7, 11) is -3.52. The molecule has 1 fully saturated rings. The van der Waals surface area contributed by atoms with E-state index in [2.05, 4.69) is 4.90 Å². The van der Waals surface area contributed by atoms with Gasteiger partial charge in [0.25, 0.3) is 0 Å². The van der Waals surface area contributed by atoms with Crippen LogP contribution in [0.2, 0.25) is 0 Å². The van der Waals surface area contributed by atoms with Crippen molar-refractivity contribution in [2.24, 2.45) is 0 Å². The number of aromatic hydroxyl groups is 1. The number of allylic oxidation sites excluding steroid dienone is 2. The predicted octanol–water partition coefficient (Wildman–Crippen LogP) is 7.70. The van der Waals surface area contributed by atoms with Gasteiger partial charge in [0, 0.05) is 19.0 Å². The number of likely N-dealkylation sites (tertiary alicyclic amines) is 1. The Morgan fingerprint density at radius 3 is 2.39 bits per heavy atom. The summed E-state index contributed by atoms with van der Waals surface area (Å²) in [5, 5.41) is 20.3. The van der Waals surface area contributed by atoms with Gasteiger partial charge in [-0.05, 0) is 123 Å². The van der Waals surface area contributed by atoms with Gasteiger partial charge in [-0.1, -0.05) is 31.0 Å². The fourth-order valence-corrected chi connectivity index (χ4v) is 8.14. The van der Waals surface area contributed by atoms with E-state index in [1.54, 1.807) is 6.07 Å². The minimum Gasteiger partial charge on any atom is -0.508 e. The molecule has 5 nitrogen and oxygen atoms in total. The maximum absolute atomic E-state index is 13.7. The minimum atomic E-state index is -4.34. The molecule has 0 aromatic heterocycles. The molecule has 0 saturated carbocycles. The lowest BCUT2D eigenvalue weighted by atomic mass is 9.89. The molecule has 2 atom stereocenters. The van der Waals surface area contributed by atoms with Gasteiger partial charge in [-0.15, -0.1) is 0 Å². The van der Waals surface area contributed by atoms with Gasteiger partial charge in [-0.3, -0.25) is 4.90 Å². The number of phenols is 1. The molecular weight excluding hydrogens is 594 g/mol. The topological polar surface area (TPSA) is 77.8 Å². The quantitative estimate of drug-likeness (QED) is 0.154. The van der Waals surface area contributed by atoms with Gasteiger partial charge in [0.2, 0.25) is 0 Å². The second-order valence-corrected chi connectivity index (χ2v) is 14.7. The molecule has 1 aliphatic heterocycles. The lowest BCUT2D eigenvalue weighted by molar-refractivity contribution is -0.134. The fourth-order valence-electron chi connectivity index (χ4n) is 6.74. The Morgan fingerprint density at radius 2 is 1.64 bits per heavy atom. The Morgan fingerprint density at radius 1 is 0.909 bits per heavy atom. The summed E-state index contributed by atoms with van der Waals surface area (Å²) in [6, 6.07) is 12.4. The zero-order valence-electron chi connectivity index (χ0n) is 25.3. The first-order valence-corrected chi connectivity index (χ1v) is 17.7. The average molecular weight is 640 g/mol. The minimum absolute atomic E-state index is 0.0812. The lowest BCUT2D eigenvalue weighted by Gasteiger charge is -2.24. The van der Waals surface area contributed by atoms with Crippen molar-refractivity contribution in [2.75, 3.05) is 24.6 Å². The highest BCUT2D eigenvalue weighted by atomic mass is 32.2. The van der Waals surface area contributed by atoms with Crippen LogP contribution in [-0.4, -0.2) is 66.4 Å². The highest BCUT2D eigenvalue weighted by molar-refractivity contribution is 7.91. The maximum Gasteiger partial charge on any atom is 0.389 e. The van der Waals surface area contributed by atoms with Crippen molar-refractivity contribution >= 4 is 21.0 Å². The van der Waals surface area contributed by atoms with E-state index in [4.69, 9.17) is 0 Å². The number of nitrogens with zero attached hydrogens (tertiary/aromatic N) is 1. The monoisotopic (exact) mass is 639 g/mol. The molecule has 44 heavy (non-hydrogen) atoms. The standard InChI is InChI=1S/C34H45F4NO4S/c35-27-14-12-25(13-15-27)31-11-5-8-26-22-29(40)16-17-32(26)33(31)10-3-1-2-4-19-39-24-30(41)23-28(39)9-6-20-44(42,43)21-7-18-34(36,37)38/h12-17,22,28,30,40-41H,1-11,18-21,23-24H2. The summed E-state index contributed by atoms with van der Waals surface area (Å²) in [6.45, 7) is 1.37. The number of hydrogen-bond donors (Lipinski definition) is 2. The molecule has 1 aliphatic carbocycles. The van der Waals surface area contributed by atoms with E-state index in [-0.39, 0.29) is 23.4 Å². The van der Waals surface area contributed by atoms with Crippen LogP contribution in [0.25, 0.3) is 11.1 Å². The number of aliphatic hydroxyl groups is 1. The Bertz CT molecular complexity index is 1360. The number of halogens is 4. The van der Waals surface area contributed by atoms with Gasteiger partial charge in [0.15, 0.2) is 0 Å². The second-order valence-electron chi connectivity index (χ2n) is 12.4. The lowest BCUT2D eigenvalue weighted by Crippen LogP contribution is -2.31. The van der Waals surface area contributed by atoms with E-state index in [1.807, 2.05) is 24.3 Å². The van der Waals surface area contributed by atoms with Crippen LogP contribution in [0.1, 0.15) is 93.7 Å². The van der Waals surface area contributed by atoms with Crippen molar-refractivity contribution in [1.82, 2.24) is 4.90 Å². The van der Waals surface area contributed by atoms with E-state index < -0.39 is 40.7 Å². The molecule has 2 aromatic carbocycles. The van der Waals surface area contributed by atoms with Crippen molar-refractivity contribution in [3.05, 3.63) is 65.0 Å². The highest BCUT2D eigenvalue weighted by Crippen LogP contribution is 2.39. The van der Waals surface area contributed by atoms with Crippen molar-refractivity contribution in [3.63, 3.8) is 0 Å². The maximum atomic E-state index is 13.7. The molecular formula is C34H45F4NO4S. The molecule has 0 spiro atoms. The van der Waals surface area contributed by atoms with Crippen LogP contribution in [0, 0.1) is 5.82 Å². The summed E-state index contributed by atoms with van der Waals surface area (Å²) in [5.74, 6) is -0.558. The Hall–Kier alpha value is -2.43. The zero-order valence-corrected chi connectivity index (χ0v) is 26.1. The van der Waals surface area contributed by atoms with E-state index in [1.165, 1.54) is 23.3 Å². The number of rotatable bonds is 15. The molecule has 2 unspecified atom stereocenters.